The predicted octanol–water partition coefficient (Wildman–Crippen LogP) is 2.43. The number of rotatable bonds is 2. The first kappa shape index (κ1) is 8.95. The maximum atomic E-state index is 8.96. The Hall–Kier alpha value is -1.05. The highest BCUT2D eigenvalue weighted by Gasteiger charge is 2.04. The zero-order valence-electron chi connectivity index (χ0n) is 6.65. The van der Waals surface area contributed by atoms with Gasteiger partial charge in [0.2, 0.25) is 0 Å². The molecule has 0 amide bonds. The molecule has 0 saturated carbocycles. The summed E-state index contributed by atoms with van der Waals surface area (Å²) in [6.45, 7) is 8.67. The Kier molecular flexibility index (Phi) is 2.87. The van der Waals surface area contributed by atoms with Gasteiger partial charge < -0.3 is 10.5 Å². The van der Waals surface area contributed by atoms with Gasteiger partial charge in [-0.05, 0) is 20.8 Å². The molecule has 56 valence electrons. The van der Waals surface area contributed by atoms with Gasteiger partial charge in [-0.15, -0.1) is 0 Å². The summed E-state index contributed by atoms with van der Waals surface area (Å²) < 4.78 is 0. The number of allylic oxidation sites excluding steroid dienone is 2. The van der Waals surface area contributed by atoms with E-state index in [0.717, 1.165) is 5.57 Å². The fraction of sp³-hybridized carbons (Fsp3) is 0.375. The normalized spacial score (nSPS) is 8.70. The lowest BCUT2D eigenvalue weighted by atomic mass is 10.1. The van der Waals surface area contributed by atoms with Crippen LogP contribution in [0.2, 0.25) is 0 Å². The molecule has 2 N–H and O–H groups in total. The zero-order valence-corrected chi connectivity index (χ0v) is 6.65. The van der Waals surface area contributed by atoms with Crippen LogP contribution in [0.3, 0.4) is 0 Å². The topological polar surface area (TPSA) is 44.1 Å². The summed E-state index contributed by atoms with van der Waals surface area (Å²) in [5.41, 5.74) is 1.83. The maximum Gasteiger partial charge on any atom is 0.117 e. The molecule has 0 aromatic rings. The van der Waals surface area contributed by atoms with Crippen LogP contribution >= 0.6 is 0 Å². The second-order valence-corrected chi connectivity index (χ2v) is 2.45. The first-order valence-corrected chi connectivity index (χ1v) is 3.08. The van der Waals surface area contributed by atoms with E-state index in [1.54, 1.807) is 6.92 Å². The molecule has 0 aliphatic rings. The minimum absolute atomic E-state index is 0.0208. The van der Waals surface area contributed by atoms with Crippen molar-refractivity contribution in [3.8, 4) is 0 Å². The van der Waals surface area contributed by atoms with E-state index in [1.807, 2.05) is 13.8 Å². The summed E-state index contributed by atoms with van der Waals surface area (Å²) >= 11 is 0. The minimum atomic E-state index is -0.0208. The zero-order chi connectivity index (χ0) is 8.31. The van der Waals surface area contributed by atoms with Gasteiger partial charge in [0, 0.05) is 11.3 Å². The number of aliphatic hydroxyl groups excluding tert-OH is 1. The molecule has 0 saturated heterocycles. The van der Waals surface area contributed by atoms with Crippen LogP contribution in [0.5, 0.6) is 0 Å². The van der Waals surface area contributed by atoms with Gasteiger partial charge in [0.25, 0.3) is 0 Å². The number of hydrogen-bond acceptors (Lipinski definition) is 2. The summed E-state index contributed by atoms with van der Waals surface area (Å²) in [6, 6.07) is 0. The first-order chi connectivity index (χ1) is 4.46. The molecule has 0 bridgehead atoms. The van der Waals surface area contributed by atoms with E-state index in [9.17, 15) is 0 Å². The fourth-order valence-electron chi connectivity index (χ4n) is 0.880. The molecule has 2 nitrogen and oxygen atoms in total. The molecule has 2 heteroatoms. The van der Waals surface area contributed by atoms with Crippen LogP contribution in [0, 0.1) is 5.41 Å². The van der Waals surface area contributed by atoms with Crippen LogP contribution in [0.1, 0.15) is 20.8 Å². The third-order valence-electron chi connectivity index (χ3n) is 1.16. The summed E-state index contributed by atoms with van der Waals surface area (Å²) in [5.74, 6) is -0.0208. The van der Waals surface area contributed by atoms with E-state index in [1.165, 1.54) is 0 Å². The molecule has 0 atom stereocenters. The van der Waals surface area contributed by atoms with Crippen molar-refractivity contribution in [2.24, 2.45) is 0 Å². The van der Waals surface area contributed by atoms with Crippen molar-refractivity contribution >= 4 is 5.71 Å². The van der Waals surface area contributed by atoms with E-state index in [2.05, 4.69) is 6.58 Å². The van der Waals surface area contributed by atoms with Crippen molar-refractivity contribution in [3.05, 3.63) is 23.5 Å². The molecule has 0 aromatic heterocycles. The lowest BCUT2D eigenvalue weighted by Crippen LogP contribution is -1.99. The lowest BCUT2D eigenvalue weighted by Gasteiger charge is -2.04. The number of aliphatic hydroxyl groups is 1. The van der Waals surface area contributed by atoms with Crippen LogP contribution in [0.25, 0.3) is 0 Å². The largest absolute Gasteiger partial charge is 0.508 e. The van der Waals surface area contributed by atoms with Gasteiger partial charge >= 0.3 is 0 Å². The molecule has 0 aliphatic carbocycles. The molecule has 0 radical (unpaired) electrons. The second-order valence-electron chi connectivity index (χ2n) is 2.45. The molecule has 0 fully saturated rings. The van der Waals surface area contributed by atoms with Crippen molar-refractivity contribution in [3.63, 3.8) is 0 Å². The van der Waals surface area contributed by atoms with E-state index < -0.39 is 0 Å². The van der Waals surface area contributed by atoms with Gasteiger partial charge in [0.15, 0.2) is 0 Å². The number of nitrogens with one attached hydrogen (secondary N) is 1. The smallest absolute Gasteiger partial charge is 0.117 e. The van der Waals surface area contributed by atoms with Gasteiger partial charge in [0.1, 0.15) is 5.76 Å². The van der Waals surface area contributed by atoms with Gasteiger partial charge in [-0.1, -0.05) is 12.2 Å². The van der Waals surface area contributed by atoms with Crippen molar-refractivity contribution < 1.29 is 5.11 Å². The highest BCUT2D eigenvalue weighted by atomic mass is 16.3. The quantitative estimate of drug-likeness (QED) is 0.344. The average molecular weight is 139 g/mol. The molecular weight excluding hydrogens is 126 g/mol. The molecule has 0 aliphatic heterocycles. The summed E-state index contributed by atoms with van der Waals surface area (Å²) in [6.07, 6.45) is 0. The van der Waals surface area contributed by atoms with Crippen molar-refractivity contribution in [2.45, 2.75) is 20.8 Å². The molecule has 0 aromatic carbocycles. The monoisotopic (exact) mass is 139 g/mol. The SMILES string of the molecule is C=C(O)C(C(C)=N)=C(C)C. The molecule has 0 spiro atoms. The van der Waals surface area contributed by atoms with Gasteiger partial charge in [-0.25, -0.2) is 0 Å². The highest BCUT2D eigenvalue weighted by molar-refractivity contribution is 5.99. The van der Waals surface area contributed by atoms with E-state index in [0.29, 0.717) is 11.3 Å². The third kappa shape index (κ3) is 2.05. The minimum Gasteiger partial charge on any atom is -0.508 e. The third-order valence-corrected chi connectivity index (χ3v) is 1.16. The standard InChI is InChI=1S/C8H13NO/c1-5(2)8(6(3)9)7(4)10/h9-10H,4H2,1-3H3. The Bertz CT molecular complexity index is 181. The molecule has 0 heterocycles. The van der Waals surface area contributed by atoms with Crippen molar-refractivity contribution in [1.82, 2.24) is 0 Å². The van der Waals surface area contributed by atoms with Crippen molar-refractivity contribution in [1.29, 1.82) is 5.41 Å². The fourth-order valence-corrected chi connectivity index (χ4v) is 0.880. The Morgan fingerprint density at radius 2 is 1.70 bits per heavy atom. The van der Waals surface area contributed by atoms with Gasteiger partial charge in [-0.2, -0.15) is 0 Å². The molecule has 0 rings (SSSR count). The van der Waals surface area contributed by atoms with Crippen molar-refractivity contribution in [2.75, 3.05) is 0 Å². The van der Waals surface area contributed by atoms with E-state index in [4.69, 9.17) is 10.5 Å². The lowest BCUT2D eigenvalue weighted by molar-refractivity contribution is 0.430. The first-order valence-electron chi connectivity index (χ1n) is 3.08. The Balaban J connectivity index is 4.79. The molecular formula is C8H13NO. The average Bonchev–Trinajstić information content (AvgIpc) is 1.59. The van der Waals surface area contributed by atoms with Crippen LogP contribution in [-0.2, 0) is 0 Å². The van der Waals surface area contributed by atoms with Gasteiger partial charge in [-0.3, -0.25) is 0 Å². The summed E-state index contributed by atoms with van der Waals surface area (Å²) in [5, 5.41) is 16.2. The van der Waals surface area contributed by atoms with Crippen LogP contribution in [-0.4, -0.2) is 10.8 Å². The Labute approximate surface area is 61.4 Å². The Morgan fingerprint density at radius 1 is 1.30 bits per heavy atom. The summed E-state index contributed by atoms with van der Waals surface area (Å²) in [7, 11) is 0. The van der Waals surface area contributed by atoms with E-state index in [-0.39, 0.29) is 5.76 Å². The van der Waals surface area contributed by atoms with Gasteiger partial charge in [0.05, 0.1) is 0 Å². The molecule has 10 heavy (non-hydrogen) atoms. The highest BCUT2D eigenvalue weighted by Crippen LogP contribution is 2.11. The molecule has 0 unspecified atom stereocenters. The predicted molar refractivity (Wildman–Crippen MR) is 43.5 cm³/mol. The van der Waals surface area contributed by atoms with Crippen LogP contribution in [0.15, 0.2) is 23.5 Å². The van der Waals surface area contributed by atoms with Crippen LogP contribution < -0.4 is 0 Å². The van der Waals surface area contributed by atoms with E-state index >= 15 is 0 Å². The number of hydrogen-bond donors (Lipinski definition) is 2. The second kappa shape index (κ2) is 3.20. The summed E-state index contributed by atoms with van der Waals surface area (Å²) in [4.78, 5) is 0. The maximum absolute atomic E-state index is 8.96. The Morgan fingerprint density at radius 3 is 1.70 bits per heavy atom. The van der Waals surface area contributed by atoms with Crippen LogP contribution in [0.4, 0.5) is 0 Å².